The lowest BCUT2D eigenvalue weighted by atomic mass is 10.0. The first-order chi connectivity index (χ1) is 15.6. The summed E-state index contributed by atoms with van der Waals surface area (Å²) in [6.07, 6.45) is 1.56. The van der Waals surface area contributed by atoms with Gasteiger partial charge in [0.05, 0.1) is 25.6 Å². The number of ether oxygens (including phenoxy) is 3. The number of nitrogens with one attached hydrogen (secondary N) is 1. The van der Waals surface area contributed by atoms with Crippen LogP contribution in [0.1, 0.15) is 41.7 Å². The zero-order chi connectivity index (χ0) is 24.2. The predicted molar refractivity (Wildman–Crippen MR) is 123 cm³/mol. The van der Waals surface area contributed by atoms with E-state index < -0.39 is 17.5 Å². The van der Waals surface area contributed by atoms with E-state index in [-0.39, 0.29) is 16.5 Å². The van der Waals surface area contributed by atoms with Crippen LogP contribution in [0.4, 0.5) is 11.4 Å². The van der Waals surface area contributed by atoms with E-state index in [1.165, 1.54) is 20.3 Å². The molecule has 3 rings (SSSR count). The molecule has 0 atom stereocenters. The summed E-state index contributed by atoms with van der Waals surface area (Å²) in [5.41, 5.74) is 1.81. The summed E-state index contributed by atoms with van der Waals surface area (Å²) in [4.78, 5) is 28.6. The molecule has 9 nitrogen and oxygen atoms in total. The minimum Gasteiger partial charge on any atom is -0.494 e. The normalized spacial score (nSPS) is 11.0. The fourth-order valence-corrected chi connectivity index (χ4v) is 3.09. The standard InChI is InChI=1S/C23H23ClN4O5/c1-23(2,3)33-21(29)16-10-9-13(12-25-16)14-7-6-8-15(20(14)31-4)26-17-11-18(24)27-28-19(17)22(30)32-5/h6-12H,1-5H3,(H,26,27). The molecule has 172 valence electrons. The zero-order valence-corrected chi connectivity index (χ0v) is 19.6. The Kier molecular flexibility index (Phi) is 7.13. The lowest BCUT2D eigenvalue weighted by Gasteiger charge is -2.19. The number of benzene rings is 1. The van der Waals surface area contributed by atoms with Crippen LogP contribution in [0.3, 0.4) is 0 Å². The summed E-state index contributed by atoms with van der Waals surface area (Å²) >= 11 is 5.97. The number of hydrogen-bond donors (Lipinski definition) is 1. The Morgan fingerprint density at radius 1 is 1.00 bits per heavy atom. The van der Waals surface area contributed by atoms with Crippen LogP contribution in [-0.4, -0.2) is 46.9 Å². The van der Waals surface area contributed by atoms with Gasteiger partial charge in [0.15, 0.2) is 10.8 Å². The Morgan fingerprint density at radius 2 is 1.76 bits per heavy atom. The maximum Gasteiger partial charge on any atom is 0.360 e. The largest absolute Gasteiger partial charge is 0.494 e. The van der Waals surface area contributed by atoms with Crippen molar-refractivity contribution in [2.75, 3.05) is 19.5 Å². The van der Waals surface area contributed by atoms with E-state index in [9.17, 15) is 9.59 Å². The highest BCUT2D eigenvalue weighted by Gasteiger charge is 2.21. The summed E-state index contributed by atoms with van der Waals surface area (Å²) in [7, 11) is 2.77. The van der Waals surface area contributed by atoms with E-state index in [1.807, 2.05) is 6.07 Å². The van der Waals surface area contributed by atoms with Gasteiger partial charge >= 0.3 is 11.9 Å². The number of pyridine rings is 1. The number of methoxy groups -OCH3 is 2. The number of esters is 2. The smallest absolute Gasteiger partial charge is 0.360 e. The molecule has 0 aliphatic rings. The van der Waals surface area contributed by atoms with Gasteiger partial charge in [-0.2, -0.15) is 0 Å². The van der Waals surface area contributed by atoms with Crippen LogP contribution < -0.4 is 10.1 Å². The van der Waals surface area contributed by atoms with Crippen molar-refractivity contribution < 1.29 is 23.8 Å². The Hall–Kier alpha value is -3.72. The molecular weight excluding hydrogens is 448 g/mol. The molecule has 0 aliphatic heterocycles. The number of halogens is 1. The molecule has 3 aromatic rings. The first-order valence-corrected chi connectivity index (χ1v) is 10.3. The van der Waals surface area contributed by atoms with Crippen molar-refractivity contribution in [3.8, 4) is 16.9 Å². The van der Waals surface area contributed by atoms with Crippen LogP contribution in [-0.2, 0) is 9.47 Å². The van der Waals surface area contributed by atoms with Gasteiger partial charge in [0, 0.05) is 23.4 Å². The number of hydrogen-bond acceptors (Lipinski definition) is 9. The van der Waals surface area contributed by atoms with E-state index in [2.05, 4.69) is 20.5 Å². The van der Waals surface area contributed by atoms with Crippen molar-refractivity contribution >= 4 is 34.9 Å². The topological polar surface area (TPSA) is 113 Å². The molecule has 1 aromatic carbocycles. The molecule has 2 aromatic heterocycles. The van der Waals surface area contributed by atoms with Gasteiger partial charge in [0.1, 0.15) is 17.0 Å². The maximum atomic E-state index is 12.2. The van der Waals surface area contributed by atoms with E-state index >= 15 is 0 Å². The molecule has 0 fully saturated rings. The number of para-hydroxylation sites is 1. The van der Waals surface area contributed by atoms with Crippen LogP contribution in [0.15, 0.2) is 42.6 Å². The molecule has 2 heterocycles. The first-order valence-electron chi connectivity index (χ1n) is 9.88. The average molecular weight is 471 g/mol. The molecule has 0 saturated heterocycles. The second kappa shape index (κ2) is 9.83. The van der Waals surface area contributed by atoms with Gasteiger partial charge in [0.2, 0.25) is 0 Å². The fraction of sp³-hybridized carbons (Fsp3) is 0.261. The van der Waals surface area contributed by atoms with Crippen molar-refractivity contribution in [3.63, 3.8) is 0 Å². The summed E-state index contributed by atoms with van der Waals surface area (Å²) in [6.45, 7) is 5.37. The lowest BCUT2D eigenvalue weighted by molar-refractivity contribution is 0.00627. The third kappa shape index (κ3) is 5.75. The van der Waals surface area contributed by atoms with Gasteiger partial charge in [-0.1, -0.05) is 29.8 Å². The van der Waals surface area contributed by atoms with Crippen LogP contribution in [0, 0.1) is 0 Å². The molecule has 1 N–H and O–H groups in total. The molecule has 0 spiro atoms. The van der Waals surface area contributed by atoms with Crippen molar-refractivity contribution in [1.29, 1.82) is 0 Å². The van der Waals surface area contributed by atoms with Crippen LogP contribution in [0.2, 0.25) is 5.15 Å². The van der Waals surface area contributed by atoms with Gasteiger partial charge in [-0.15, -0.1) is 10.2 Å². The average Bonchev–Trinajstić information content (AvgIpc) is 2.77. The third-order valence-corrected chi connectivity index (χ3v) is 4.50. The third-order valence-electron chi connectivity index (χ3n) is 4.31. The monoisotopic (exact) mass is 470 g/mol. The highest BCUT2D eigenvalue weighted by Crippen LogP contribution is 2.38. The molecule has 0 radical (unpaired) electrons. The number of carbonyl (C=O) groups is 2. The van der Waals surface area contributed by atoms with Crippen molar-refractivity contribution in [2.24, 2.45) is 0 Å². The quantitative estimate of drug-likeness (QED) is 0.512. The summed E-state index contributed by atoms with van der Waals surface area (Å²) < 4.78 is 15.8. The number of carbonyl (C=O) groups excluding carboxylic acids is 2. The molecule has 10 heteroatoms. The van der Waals surface area contributed by atoms with Crippen LogP contribution in [0.25, 0.3) is 11.1 Å². The van der Waals surface area contributed by atoms with E-state index in [4.69, 9.17) is 25.8 Å². The van der Waals surface area contributed by atoms with E-state index in [1.54, 1.807) is 51.2 Å². The maximum absolute atomic E-state index is 12.2. The number of anilines is 2. The van der Waals surface area contributed by atoms with E-state index in [0.717, 1.165) is 0 Å². The number of rotatable bonds is 6. The molecule has 0 aliphatic carbocycles. The van der Waals surface area contributed by atoms with Gasteiger partial charge in [-0.05, 0) is 32.9 Å². The number of aromatic nitrogens is 3. The Balaban J connectivity index is 1.96. The highest BCUT2D eigenvalue weighted by atomic mass is 35.5. The van der Waals surface area contributed by atoms with Gasteiger partial charge in [0.25, 0.3) is 0 Å². The van der Waals surface area contributed by atoms with Crippen molar-refractivity contribution in [2.45, 2.75) is 26.4 Å². The van der Waals surface area contributed by atoms with Crippen LogP contribution >= 0.6 is 11.6 Å². The van der Waals surface area contributed by atoms with Crippen molar-refractivity contribution in [1.82, 2.24) is 15.2 Å². The summed E-state index contributed by atoms with van der Waals surface area (Å²) in [5.74, 6) is -0.694. The number of nitrogens with zero attached hydrogens (tertiary/aromatic N) is 3. The summed E-state index contributed by atoms with van der Waals surface area (Å²) in [5, 5.41) is 10.7. The lowest BCUT2D eigenvalue weighted by Crippen LogP contribution is -2.24. The Bertz CT molecular complexity index is 1180. The second-order valence-corrected chi connectivity index (χ2v) is 8.25. The highest BCUT2D eigenvalue weighted by molar-refractivity contribution is 6.29. The summed E-state index contributed by atoms with van der Waals surface area (Å²) in [6, 6.07) is 10.2. The van der Waals surface area contributed by atoms with Gasteiger partial charge in [-0.25, -0.2) is 14.6 Å². The first kappa shape index (κ1) is 23.9. The minimum atomic E-state index is -0.668. The van der Waals surface area contributed by atoms with E-state index in [0.29, 0.717) is 28.3 Å². The molecule has 33 heavy (non-hydrogen) atoms. The van der Waals surface area contributed by atoms with Gasteiger partial charge < -0.3 is 19.5 Å². The van der Waals surface area contributed by atoms with Crippen LogP contribution in [0.5, 0.6) is 5.75 Å². The second-order valence-electron chi connectivity index (χ2n) is 7.87. The molecule has 0 unspecified atom stereocenters. The van der Waals surface area contributed by atoms with Crippen molar-refractivity contribution in [3.05, 3.63) is 59.1 Å². The van der Waals surface area contributed by atoms with Gasteiger partial charge in [-0.3, -0.25) is 0 Å². The predicted octanol–water partition coefficient (Wildman–Crippen LogP) is 4.69. The molecule has 0 saturated carbocycles. The zero-order valence-electron chi connectivity index (χ0n) is 18.8. The Morgan fingerprint density at radius 3 is 2.36 bits per heavy atom. The Labute approximate surface area is 196 Å². The fourth-order valence-electron chi connectivity index (χ4n) is 2.94. The molecular formula is C23H23ClN4O5. The molecule has 0 bridgehead atoms. The molecule has 0 amide bonds. The minimum absolute atomic E-state index is 0.0299. The SMILES string of the molecule is COC(=O)c1nnc(Cl)cc1Nc1cccc(-c2ccc(C(=O)OC(C)(C)C)nc2)c1OC.